The molecule has 0 heterocycles. The lowest BCUT2D eigenvalue weighted by Crippen LogP contribution is -2.37. The first kappa shape index (κ1) is 44.1. The van der Waals surface area contributed by atoms with Gasteiger partial charge >= 0.3 is 38.5 Å². The Kier molecular flexibility index (Phi) is 14.3. The van der Waals surface area contributed by atoms with E-state index in [1.165, 1.54) is 0 Å². The van der Waals surface area contributed by atoms with E-state index in [9.17, 15) is 66.2 Å². The van der Waals surface area contributed by atoms with Crippen LogP contribution in [0.5, 0.6) is 0 Å². The molecule has 0 bridgehead atoms. The van der Waals surface area contributed by atoms with Gasteiger partial charge in [0.25, 0.3) is 0 Å². The summed E-state index contributed by atoms with van der Waals surface area (Å²) in [5.41, 5.74) is -0.932. The minimum atomic E-state index is -4.73. The monoisotopic (exact) mass is 812 g/mol. The van der Waals surface area contributed by atoms with Gasteiger partial charge in [0.2, 0.25) is 0 Å². The van der Waals surface area contributed by atoms with Crippen LogP contribution in [0.3, 0.4) is 0 Å². The molecule has 0 saturated carbocycles. The van der Waals surface area contributed by atoms with Crippen molar-refractivity contribution in [2.24, 2.45) is 0 Å². The SMILES string of the molecule is O=C(O)CCCN(Cc1cc(C(F)(F)F)ccc1B(O)O)Cc1c2ccccc2c(CN(CCCC(=O)O)Cc2cc(C(F)(F)F)ccc2B(O)O)c2ccccc12. The van der Waals surface area contributed by atoms with Crippen LogP contribution in [0.4, 0.5) is 26.3 Å². The van der Waals surface area contributed by atoms with Crippen molar-refractivity contribution in [1.82, 2.24) is 9.80 Å². The fourth-order valence-electron chi connectivity index (χ4n) is 7.26. The van der Waals surface area contributed by atoms with E-state index in [4.69, 9.17) is 0 Å². The van der Waals surface area contributed by atoms with E-state index in [1.54, 1.807) is 34.1 Å². The Labute approximate surface area is 329 Å². The van der Waals surface area contributed by atoms with Crippen LogP contribution in [0.25, 0.3) is 21.5 Å². The first-order chi connectivity index (χ1) is 27.3. The number of nitrogens with zero attached hydrogens (tertiary/aromatic N) is 2. The Morgan fingerprint density at radius 1 is 0.517 bits per heavy atom. The lowest BCUT2D eigenvalue weighted by molar-refractivity contribution is -0.138. The highest BCUT2D eigenvalue weighted by atomic mass is 19.4. The van der Waals surface area contributed by atoms with Crippen molar-refractivity contribution in [2.45, 2.75) is 64.2 Å². The lowest BCUT2D eigenvalue weighted by Gasteiger charge is -2.28. The van der Waals surface area contributed by atoms with Gasteiger partial charge in [-0.3, -0.25) is 19.4 Å². The highest BCUT2D eigenvalue weighted by Crippen LogP contribution is 2.36. The minimum absolute atomic E-state index is 0.0238. The van der Waals surface area contributed by atoms with Gasteiger partial charge in [-0.1, -0.05) is 72.8 Å². The molecule has 58 heavy (non-hydrogen) atoms. The maximum atomic E-state index is 13.8. The summed E-state index contributed by atoms with van der Waals surface area (Å²) in [6.45, 7) is -0.0872. The molecule has 0 fully saturated rings. The summed E-state index contributed by atoms with van der Waals surface area (Å²) < 4.78 is 82.8. The second-order valence-corrected chi connectivity index (χ2v) is 14.0. The molecule has 0 aliphatic carbocycles. The van der Waals surface area contributed by atoms with E-state index >= 15 is 0 Å². The number of benzene rings is 5. The second-order valence-electron chi connectivity index (χ2n) is 14.0. The summed E-state index contributed by atoms with van der Waals surface area (Å²) in [5.74, 6) is -2.16. The number of hydrogen-bond acceptors (Lipinski definition) is 8. The Bertz CT molecular complexity index is 2040. The molecule has 0 unspecified atom stereocenters. The fourth-order valence-corrected chi connectivity index (χ4v) is 7.26. The highest BCUT2D eigenvalue weighted by Gasteiger charge is 2.34. The molecule has 0 radical (unpaired) electrons. The van der Waals surface area contributed by atoms with E-state index < -0.39 is 49.7 Å². The van der Waals surface area contributed by atoms with Gasteiger partial charge in [-0.15, -0.1) is 0 Å². The molecule has 5 rings (SSSR count). The van der Waals surface area contributed by atoms with Crippen LogP contribution in [0.1, 0.15) is 59.1 Å². The van der Waals surface area contributed by atoms with Gasteiger partial charge in [0, 0.05) is 39.0 Å². The maximum Gasteiger partial charge on any atom is 0.488 e. The quantitative estimate of drug-likeness (QED) is 0.0398. The zero-order chi connectivity index (χ0) is 42.4. The van der Waals surface area contributed by atoms with Crippen LogP contribution >= 0.6 is 0 Å². The van der Waals surface area contributed by atoms with Crippen LogP contribution < -0.4 is 10.9 Å². The molecule has 5 aromatic rings. The summed E-state index contributed by atoms with van der Waals surface area (Å²) in [7, 11) is -4.18. The van der Waals surface area contributed by atoms with Crippen molar-refractivity contribution in [3.05, 3.63) is 118 Å². The average molecular weight is 812 g/mol. The van der Waals surface area contributed by atoms with E-state index in [-0.39, 0.29) is 87.0 Å². The molecule has 0 aliphatic rings. The number of rotatable bonds is 18. The molecule has 0 aliphatic heterocycles. The molecule has 306 valence electrons. The zero-order valence-electron chi connectivity index (χ0n) is 31.0. The number of carbonyl (C=O) groups is 2. The number of carboxylic acid groups (broad SMARTS) is 2. The average Bonchev–Trinajstić information content (AvgIpc) is 3.14. The third-order valence-corrected chi connectivity index (χ3v) is 9.93. The maximum absolute atomic E-state index is 13.8. The molecule has 0 amide bonds. The molecular formula is C40H40B2F6N2O8. The molecule has 6 N–H and O–H groups in total. The normalized spacial score (nSPS) is 12.2. The standard InChI is InChI=1S/C40H40B2F6N2O8/c43-39(44,45)27-13-15-35(41(55)56)25(19-27)21-49(17-5-11-37(51)52)23-33-29-7-1-2-8-30(29)34(32-10-4-3-9-31(32)33)24-50(18-6-12-38(53)54)22-26-20-28(40(46,47)48)14-16-36(26)42(57)58/h1-4,7-10,13-16,19-20,55-58H,5-6,11-12,17-18,21-24H2,(H,51,52)(H,53,54). The molecule has 0 saturated heterocycles. The molecule has 10 nitrogen and oxygen atoms in total. The molecular weight excluding hydrogens is 772 g/mol. The van der Waals surface area contributed by atoms with Crippen molar-refractivity contribution >= 4 is 58.6 Å². The smallest absolute Gasteiger partial charge is 0.481 e. The summed E-state index contributed by atoms with van der Waals surface area (Å²) >= 11 is 0. The third kappa shape index (κ3) is 11.1. The second kappa shape index (κ2) is 18.7. The summed E-state index contributed by atoms with van der Waals surface area (Å²) in [6.07, 6.45) is -9.71. The van der Waals surface area contributed by atoms with Crippen molar-refractivity contribution in [2.75, 3.05) is 13.1 Å². The largest absolute Gasteiger partial charge is 0.488 e. The summed E-state index contributed by atoms with van der Waals surface area (Å²) in [6, 6.07) is 19.5. The third-order valence-electron chi connectivity index (χ3n) is 9.93. The van der Waals surface area contributed by atoms with Crippen LogP contribution in [0.2, 0.25) is 0 Å². The Balaban J connectivity index is 1.62. The van der Waals surface area contributed by atoms with Crippen molar-refractivity contribution < 1.29 is 66.2 Å². The van der Waals surface area contributed by atoms with Gasteiger partial charge in [-0.05, 0) is 92.8 Å². The minimum Gasteiger partial charge on any atom is -0.481 e. The highest BCUT2D eigenvalue weighted by molar-refractivity contribution is 6.59. The number of halogens is 6. The van der Waals surface area contributed by atoms with E-state index in [0.29, 0.717) is 32.7 Å². The van der Waals surface area contributed by atoms with E-state index in [1.807, 2.05) is 24.3 Å². The van der Waals surface area contributed by atoms with Gasteiger partial charge in [0.05, 0.1) is 11.1 Å². The lowest BCUT2D eigenvalue weighted by atomic mass is 9.76. The topological polar surface area (TPSA) is 162 Å². The molecule has 18 heteroatoms. The van der Waals surface area contributed by atoms with Gasteiger partial charge in [-0.25, -0.2) is 0 Å². The molecule has 0 aromatic heterocycles. The van der Waals surface area contributed by atoms with Crippen LogP contribution in [-0.2, 0) is 48.1 Å². The predicted octanol–water partition coefficient (Wildman–Crippen LogP) is 5.12. The van der Waals surface area contributed by atoms with E-state index in [0.717, 1.165) is 36.4 Å². The number of fused-ring (bicyclic) bond motifs is 2. The fraction of sp³-hybridized carbons (Fsp3) is 0.300. The van der Waals surface area contributed by atoms with Crippen LogP contribution in [-0.4, -0.2) is 79.4 Å². The van der Waals surface area contributed by atoms with Crippen LogP contribution in [0, 0.1) is 0 Å². The summed E-state index contributed by atoms with van der Waals surface area (Å²) in [4.78, 5) is 26.4. The number of alkyl halides is 6. The first-order valence-corrected chi connectivity index (χ1v) is 18.2. The molecule has 5 aromatic carbocycles. The van der Waals surface area contributed by atoms with Gasteiger partial charge in [-0.2, -0.15) is 26.3 Å². The van der Waals surface area contributed by atoms with Gasteiger partial charge < -0.3 is 30.3 Å². The van der Waals surface area contributed by atoms with Gasteiger partial charge in [0.1, 0.15) is 0 Å². The van der Waals surface area contributed by atoms with Crippen molar-refractivity contribution in [1.29, 1.82) is 0 Å². The van der Waals surface area contributed by atoms with Crippen LogP contribution in [0.15, 0.2) is 84.9 Å². The Morgan fingerprint density at radius 2 is 0.845 bits per heavy atom. The molecule has 0 atom stereocenters. The van der Waals surface area contributed by atoms with Crippen molar-refractivity contribution in [3.63, 3.8) is 0 Å². The Morgan fingerprint density at radius 3 is 1.12 bits per heavy atom. The number of carboxylic acids is 2. The number of hydrogen-bond donors (Lipinski definition) is 6. The zero-order valence-corrected chi connectivity index (χ0v) is 31.0. The van der Waals surface area contributed by atoms with Crippen molar-refractivity contribution in [3.8, 4) is 0 Å². The first-order valence-electron chi connectivity index (χ1n) is 18.2. The molecule has 0 spiro atoms. The van der Waals surface area contributed by atoms with E-state index in [2.05, 4.69) is 0 Å². The van der Waals surface area contributed by atoms with Gasteiger partial charge in [0.15, 0.2) is 0 Å². The Hall–Kier alpha value is -4.97. The number of aliphatic carboxylic acids is 2. The predicted molar refractivity (Wildman–Crippen MR) is 206 cm³/mol. The summed E-state index contributed by atoms with van der Waals surface area (Å²) in [5, 5.41) is 61.8.